The van der Waals surface area contributed by atoms with Crippen LogP contribution in [0.25, 0.3) is 0 Å². The molecule has 1 atom stereocenters. The molecule has 2 rings (SSSR count). The van der Waals surface area contributed by atoms with Gasteiger partial charge in [-0.15, -0.1) is 0 Å². The number of nitrogens with one attached hydrogen (secondary N) is 1. The number of primary amides is 1. The zero-order valence-electron chi connectivity index (χ0n) is 11.3. The van der Waals surface area contributed by atoms with Crippen molar-refractivity contribution in [3.63, 3.8) is 0 Å². The molecule has 0 fully saturated rings. The first-order valence-electron chi connectivity index (χ1n) is 6.16. The van der Waals surface area contributed by atoms with Gasteiger partial charge < -0.3 is 15.8 Å². The summed E-state index contributed by atoms with van der Waals surface area (Å²) in [7, 11) is 1.57. The van der Waals surface area contributed by atoms with Crippen LogP contribution in [0.3, 0.4) is 0 Å². The lowest BCUT2D eigenvalue weighted by Gasteiger charge is -2.19. The van der Waals surface area contributed by atoms with Crippen LogP contribution < -0.4 is 15.8 Å². The first-order valence-corrected chi connectivity index (χ1v) is 7.34. The lowest BCUT2D eigenvalue weighted by molar-refractivity contribution is -0.118. The molecule has 0 heterocycles. The molecule has 0 aliphatic rings. The third kappa shape index (κ3) is 3.68. The van der Waals surface area contributed by atoms with Crippen molar-refractivity contribution in [3.05, 3.63) is 57.5 Å². The van der Waals surface area contributed by atoms with Gasteiger partial charge in [0.15, 0.2) is 0 Å². The number of ether oxygens (including phenoxy) is 1. The van der Waals surface area contributed by atoms with Crippen LogP contribution in [0, 0.1) is 0 Å². The number of para-hydroxylation sites is 2. The fraction of sp³-hybridized carbons (Fsp3) is 0.133. The molecule has 2 aromatic carbocycles. The highest BCUT2D eigenvalue weighted by atomic mass is 79.9. The number of benzene rings is 2. The minimum Gasteiger partial charge on any atom is -0.495 e. The highest BCUT2D eigenvalue weighted by Crippen LogP contribution is 2.30. The zero-order chi connectivity index (χ0) is 15.4. The van der Waals surface area contributed by atoms with Crippen molar-refractivity contribution >= 4 is 39.1 Å². The molecule has 3 N–H and O–H groups in total. The molecule has 0 saturated heterocycles. The molecule has 0 spiro atoms. The molecule has 0 radical (unpaired) electrons. The number of carbonyl (C=O) groups excluding carboxylic acids is 1. The van der Waals surface area contributed by atoms with Gasteiger partial charge in [0.25, 0.3) is 0 Å². The van der Waals surface area contributed by atoms with Crippen molar-refractivity contribution < 1.29 is 9.53 Å². The standard InChI is InChI=1S/C15H14BrClN2O2/c1-21-13-5-3-2-4-12(13)19-14(15(18)20)9-6-7-10(16)11(17)8-9/h2-8,14,19H,1H3,(H2,18,20). The van der Waals surface area contributed by atoms with Gasteiger partial charge in [0.1, 0.15) is 11.8 Å². The quantitative estimate of drug-likeness (QED) is 0.843. The van der Waals surface area contributed by atoms with Crippen molar-refractivity contribution in [3.8, 4) is 5.75 Å². The molecule has 0 aliphatic heterocycles. The minimum absolute atomic E-state index is 0.501. The summed E-state index contributed by atoms with van der Waals surface area (Å²) in [5.74, 6) is 0.131. The van der Waals surface area contributed by atoms with Crippen LogP contribution in [0.15, 0.2) is 46.9 Å². The third-order valence-electron chi connectivity index (χ3n) is 2.97. The summed E-state index contributed by atoms with van der Waals surface area (Å²) in [5, 5.41) is 3.60. The summed E-state index contributed by atoms with van der Waals surface area (Å²) < 4.78 is 6.01. The molecule has 110 valence electrons. The van der Waals surface area contributed by atoms with Gasteiger partial charge in [-0.05, 0) is 45.8 Å². The van der Waals surface area contributed by atoms with Crippen LogP contribution in [0.2, 0.25) is 5.02 Å². The number of carbonyl (C=O) groups is 1. The Morgan fingerprint density at radius 2 is 2.05 bits per heavy atom. The van der Waals surface area contributed by atoms with Crippen LogP contribution in [0.1, 0.15) is 11.6 Å². The molecule has 1 unspecified atom stereocenters. The van der Waals surface area contributed by atoms with Gasteiger partial charge in [0.05, 0.1) is 17.8 Å². The van der Waals surface area contributed by atoms with Gasteiger partial charge in [-0.2, -0.15) is 0 Å². The maximum Gasteiger partial charge on any atom is 0.244 e. The number of rotatable bonds is 5. The number of amides is 1. The van der Waals surface area contributed by atoms with E-state index in [1.54, 1.807) is 31.4 Å². The van der Waals surface area contributed by atoms with Gasteiger partial charge in [-0.25, -0.2) is 0 Å². The van der Waals surface area contributed by atoms with E-state index in [4.69, 9.17) is 22.1 Å². The van der Waals surface area contributed by atoms with Crippen LogP contribution >= 0.6 is 27.5 Å². The fourth-order valence-electron chi connectivity index (χ4n) is 1.93. The molecule has 0 aromatic heterocycles. The molecule has 0 aliphatic carbocycles. The summed E-state index contributed by atoms with van der Waals surface area (Å²) >= 11 is 9.39. The maximum atomic E-state index is 11.8. The van der Waals surface area contributed by atoms with Crippen molar-refractivity contribution in [2.45, 2.75) is 6.04 Å². The Balaban J connectivity index is 2.35. The number of anilines is 1. The van der Waals surface area contributed by atoms with Gasteiger partial charge in [0.2, 0.25) is 5.91 Å². The van der Waals surface area contributed by atoms with E-state index in [0.717, 1.165) is 4.47 Å². The summed E-state index contributed by atoms with van der Waals surface area (Å²) in [6.07, 6.45) is 0. The highest BCUT2D eigenvalue weighted by molar-refractivity contribution is 9.10. The Labute approximate surface area is 136 Å². The zero-order valence-corrected chi connectivity index (χ0v) is 13.6. The fourth-order valence-corrected chi connectivity index (χ4v) is 2.37. The Kier molecular flexibility index (Phi) is 5.09. The first kappa shape index (κ1) is 15.7. The second-order valence-electron chi connectivity index (χ2n) is 4.35. The largest absolute Gasteiger partial charge is 0.495 e. The second-order valence-corrected chi connectivity index (χ2v) is 5.62. The van der Waals surface area contributed by atoms with Crippen molar-refractivity contribution in [1.82, 2.24) is 0 Å². The molecule has 4 nitrogen and oxygen atoms in total. The van der Waals surface area contributed by atoms with E-state index in [1.165, 1.54) is 0 Å². The summed E-state index contributed by atoms with van der Waals surface area (Å²) in [4.78, 5) is 11.8. The molecule has 21 heavy (non-hydrogen) atoms. The smallest absolute Gasteiger partial charge is 0.244 e. The Hall–Kier alpha value is -1.72. The Morgan fingerprint density at radius 3 is 2.67 bits per heavy atom. The van der Waals surface area contributed by atoms with Gasteiger partial charge >= 0.3 is 0 Å². The second kappa shape index (κ2) is 6.83. The number of halogens is 2. The van der Waals surface area contributed by atoms with Crippen molar-refractivity contribution in [2.24, 2.45) is 5.73 Å². The van der Waals surface area contributed by atoms with Crippen LogP contribution in [0.5, 0.6) is 5.75 Å². The molecule has 1 amide bonds. The van der Waals surface area contributed by atoms with E-state index in [1.807, 2.05) is 18.2 Å². The molecule has 6 heteroatoms. The number of hydrogen-bond donors (Lipinski definition) is 2. The van der Waals surface area contributed by atoms with E-state index >= 15 is 0 Å². The average Bonchev–Trinajstić information content (AvgIpc) is 2.48. The minimum atomic E-state index is -0.702. The van der Waals surface area contributed by atoms with Crippen molar-refractivity contribution in [2.75, 3.05) is 12.4 Å². The van der Waals surface area contributed by atoms with Gasteiger partial charge in [-0.1, -0.05) is 29.8 Å². The van der Waals surface area contributed by atoms with E-state index < -0.39 is 11.9 Å². The topological polar surface area (TPSA) is 64.3 Å². The lowest BCUT2D eigenvalue weighted by atomic mass is 10.1. The molecule has 0 bridgehead atoms. The number of methoxy groups -OCH3 is 1. The highest BCUT2D eigenvalue weighted by Gasteiger charge is 2.19. The first-order chi connectivity index (χ1) is 10.0. The van der Waals surface area contributed by atoms with Crippen LogP contribution in [-0.4, -0.2) is 13.0 Å². The Bertz CT molecular complexity index is 664. The van der Waals surface area contributed by atoms with Crippen LogP contribution in [-0.2, 0) is 4.79 Å². The summed E-state index contributed by atoms with van der Waals surface area (Å²) in [6, 6.07) is 11.9. The van der Waals surface area contributed by atoms with Crippen molar-refractivity contribution in [1.29, 1.82) is 0 Å². The van der Waals surface area contributed by atoms with Gasteiger partial charge in [0, 0.05) is 4.47 Å². The molecular formula is C15H14BrClN2O2. The summed E-state index contributed by atoms with van der Waals surface area (Å²) in [6.45, 7) is 0. The maximum absolute atomic E-state index is 11.8. The predicted molar refractivity (Wildman–Crippen MR) is 87.7 cm³/mol. The Morgan fingerprint density at radius 1 is 1.33 bits per heavy atom. The molecule has 2 aromatic rings. The van der Waals surface area contributed by atoms with E-state index in [0.29, 0.717) is 22.0 Å². The molecule has 0 saturated carbocycles. The monoisotopic (exact) mass is 368 g/mol. The third-order valence-corrected chi connectivity index (χ3v) is 4.20. The summed E-state index contributed by atoms with van der Waals surface area (Å²) in [5.41, 5.74) is 6.86. The average molecular weight is 370 g/mol. The van der Waals surface area contributed by atoms with E-state index in [2.05, 4.69) is 21.2 Å². The number of hydrogen-bond acceptors (Lipinski definition) is 3. The van der Waals surface area contributed by atoms with Gasteiger partial charge in [-0.3, -0.25) is 4.79 Å². The normalized spacial score (nSPS) is 11.8. The lowest BCUT2D eigenvalue weighted by Crippen LogP contribution is -2.27. The van der Waals surface area contributed by atoms with Crippen LogP contribution in [0.4, 0.5) is 5.69 Å². The molecular weight excluding hydrogens is 356 g/mol. The predicted octanol–water partition coefficient (Wildman–Crippen LogP) is 3.75. The number of nitrogens with two attached hydrogens (primary N) is 1. The van der Waals surface area contributed by atoms with E-state index in [-0.39, 0.29) is 0 Å². The SMILES string of the molecule is COc1ccccc1NC(C(N)=O)c1ccc(Br)c(Cl)c1. The van der Waals surface area contributed by atoms with E-state index in [9.17, 15) is 4.79 Å².